The Kier molecular flexibility index (Phi) is 8.63. The Morgan fingerprint density at radius 1 is 0.700 bits per heavy atom. The fraction of sp³-hybridized carbons (Fsp3) is 0.486. The monoisotopic (exact) mass is 574 g/mol. The van der Waals surface area contributed by atoms with Gasteiger partial charge in [-0.05, 0) is 71.6 Å². The topological polar surface area (TPSA) is 27.7 Å². The summed E-state index contributed by atoms with van der Waals surface area (Å²) in [4.78, 5) is 1.25. The number of ether oxygens (including phenoxy) is 2. The lowest BCUT2D eigenvalue weighted by Crippen LogP contribution is -2.51. The highest BCUT2D eigenvalue weighted by Crippen LogP contribution is 2.58. The van der Waals surface area contributed by atoms with E-state index in [4.69, 9.17) is 13.9 Å². The number of benzene rings is 3. The van der Waals surface area contributed by atoms with E-state index in [1.54, 1.807) is 7.11 Å². The van der Waals surface area contributed by atoms with E-state index in [1.807, 2.05) is 18.9 Å². The van der Waals surface area contributed by atoms with Crippen LogP contribution in [0.2, 0.25) is 16.6 Å². The van der Waals surface area contributed by atoms with Crippen molar-refractivity contribution in [1.82, 2.24) is 0 Å². The summed E-state index contributed by atoms with van der Waals surface area (Å²) >= 11 is 1.90. The average Bonchev–Trinajstić information content (AvgIpc) is 2.95. The van der Waals surface area contributed by atoms with Gasteiger partial charge in [-0.1, -0.05) is 71.9 Å². The largest absolute Gasteiger partial charge is 0.542 e. The van der Waals surface area contributed by atoms with Crippen molar-refractivity contribution < 1.29 is 13.9 Å². The minimum Gasteiger partial charge on any atom is -0.542 e. The normalized spacial score (nSPS) is 16.5. The molecular formula is C35H46O3SSi. The van der Waals surface area contributed by atoms with E-state index >= 15 is 0 Å². The van der Waals surface area contributed by atoms with Crippen molar-refractivity contribution in [3.05, 3.63) is 81.9 Å². The molecule has 40 heavy (non-hydrogen) atoms. The van der Waals surface area contributed by atoms with Gasteiger partial charge in [0.15, 0.2) is 0 Å². The molecule has 5 rings (SSSR count). The predicted molar refractivity (Wildman–Crippen MR) is 171 cm³/mol. The highest BCUT2D eigenvalue weighted by molar-refractivity contribution is 7.99. The zero-order valence-electron chi connectivity index (χ0n) is 25.6. The smallest absolute Gasteiger partial charge is 0.258 e. The average molecular weight is 575 g/mol. The van der Waals surface area contributed by atoms with Gasteiger partial charge >= 0.3 is 0 Å². The molecule has 214 valence electrons. The molecule has 1 atom stereocenters. The molecule has 2 aliphatic carbocycles. The summed E-state index contributed by atoms with van der Waals surface area (Å²) in [5.41, 5.74) is 9.54. The molecule has 0 fully saturated rings. The Labute approximate surface area is 247 Å². The maximum atomic E-state index is 7.70. The molecule has 3 aromatic carbocycles. The summed E-state index contributed by atoms with van der Waals surface area (Å²) < 4.78 is 20.1. The summed E-state index contributed by atoms with van der Waals surface area (Å²) in [6.07, 6.45) is 5.35. The number of fused-ring (bicyclic) bond motifs is 3. The van der Waals surface area contributed by atoms with Crippen LogP contribution >= 0.6 is 11.8 Å². The van der Waals surface area contributed by atoms with E-state index in [-0.39, 0.29) is 5.25 Å². The molecule has 5 heteroatoms. The first-order valence-corrected chi connectivity index (χ1v) is 18.1. The van der Waals surface area contributed by atoms with Crippen LogP contribution in [-0.2, 0) is 19.3 Å². The van der Waals surface area contributed by atoms with Gasteiger partial charge in [0.05, 0.1) is 19.5 Å². The summed E-state index contributed by atoms with van der Waals surface area (Å²) in [6.45, 7) is 14.4. The summed E-state index contributed by atoms with van der Waals surface area (Å²) in [7, 11) is 1.46. The standard InChI is InChI=1S/C35H46O3SSi/c1-22(2)40(23(3)4,24(5)6)38-33-27-18-12-13-19-28(27)34(37-8)32-29(33)21-25-15-14-20-30(36-7)31(25)35(32)39-26-16-10-9-11-17-26/h9-11,14-17,20,22-24,35H,12-13,18-19,21H2,1-8H3. The zero-order chi connectivity index (χ0) is 28.6. The Morgan fingerprint density at radius 3 is 1.90 bits per heavy atom. The van der Waals surface area contributed by atoms with E-state index in [0.29, 0.717) is 16.6 Å². The molecule has 0 amide bonds. The number of hydrogen-bond donors (Lipinski definition) is 0. The third kappa shape index (κ3) is 4.87. The van der Waals surface area contributed by atoms with Gasteiger partial charge in [-0.15, -0.1) is 11.8 Å². The Hall–Kier alpha value is -2.37. The van der Waals surface area contributed by atoms with Gasteiger partial charge in [0.25, 0.3) is 8.32 Å². The second-order valence-corrected chi connectivity index (χ2v) is 18.9. The maximum absolute atomic E-state index is 7.70. The highest BCUT2D eigenvalue weighted by atomic mass is 32.2. The van der Waals surface area contributed by atoms with Crippen LogP contribution < -0.4 is 13.9 Å². The molecule has 0 aliphatic heterocycles. The zero-order valence-corrected chi connectivity index (χ0v) is 27.4. The molecule has 1 unspecified atom stereocenters. The molecule has 0 aromatic heterocycles. The van der Waals surface area contributed by atoms with E-state index in [2.05, 4.69) is 90.1 Å². The van der Waals surface area contributed by atoms with Crippen LogP contribution in [0.3, 0.4) is 0 Å². The first kappa shape index (κ1) is 29.1. The Bertz CT molecular complexity index is 1330. The maximum Gasteiger partial charge on any atom is 0.258 e. The van der Waals surface area contributed by atoms with Gasteiger partial charge in [0.1, 0.15) is 17.2 Å². The van der Waals surface area contributed by atoms with Crippen molar-refractivity contribution in [3.63, 3.8) is 0 Å². The van der Waals surface area contributed by atoms with Crippen molar-refractivity contribution in [1.29, 1.82) is 0 Å². The first-order chi connectivity index (χ1) is 19.2. The first-order valence-electron chi connectivity index (χ1n) is 15.0. The molecule has 0 radical (unpaired) electrons. The van der Waals surface area contributed by atoms with Crippen molar-refractivity contribution in [2.45, 2.75) is 100 Å². The highest BCUT2D eigenvalue weighted by Gasteiger charge is 2.49. The van der Waals surface area contributed by atoms with Crippen LogP contribution in [0.25, 0.3) is 0 Å². The van der Waals surface area contributed by atoms with Gasteiger partial charge < -0.3 is 13.9 Å². The Balaban J connectivity index is 1.83. The van der Waals surface area contributed by atoms with Crippen LogP contribution in [-0.4, -0.2) is 22.5 Å². The van der Waals surface area contributed by atoms with Crippen LogP contribution in [0.5, 0.6) is 17.2 Å². The third-order valence-corrected chi connectivity index (χ3v) is 16.5. The van der Waals surface area contributed by atoms with Gasteiger partial charge in [-0.2, -0.15) is 0 Å². The molecule has 3 nitrogen and oxygen atoms in total. The molecule has 0 saturated heterocycles. The van der Waals surface area contributed by atoms with Crippen LogP contribution in [0.1, 0.15) is 93.0 Å². The van der Waals surface area contributed by atoms with Crippen LogP contribution in [0, 0.1) is 0 Å². The van der Waals surface area contributed by atoms with Crippen molar-refractivity contribution in [2.24, 2.45) is 0 Å². The lowest BCUT2D eigenvalue weighted by molar-refractivity contribution is 0.392. The van der Waals surface area contributed by atoms with E-state index in [9.17, 15) is 0 Å². The lowest BCUT2D eigenvalue weighted by atomic mass is 9.78. The molecule has 2 aliphatic rings. The van der Waals surface area contributed by atoms with E-state index in [0.717, 1.165) is 30.8 Å². The summed E-state index contributed by atoms with van der Waals surface area (Å²) in [5, 5.41) is 0.0510. The van der Waals surface area contributed by atoms with Crippen molar-refractivity contribution >= 4 is 20.1 Å². The van der Waals surface area contributed by atoms with E-state index in [1.165, 1.54) is 56.9 Å². The molecular weight excluding hydrogens is 529 g/mol. The minimum absolute atomic E-state index is 0.0510. The fourth-order valence-electron chi connectivity index (χ4n) is 7.66. The summed E-state index contributed by atoms with van der Waals surface area (Å²) in [6, 6.07) is 17.3. The SMILES string of the molecule is COc1cccc2c1C(Sc1ccccc1)c1c(c(O[Si](C(C)C)(C(C)C)C(C)C)c3c(c1OC)CCCC3)C2. The lowest BCUT2D eigenvalue weighted by Gasteiger charge is -2.45. The Morgan fingerprint density at radius 2 is 1.32 bits per heavy atom. The molecule has 0 saturated carbocycles. The number of thioether (sulfide) groups is 1. The second-order valence-electron chi connectivity index (χ2n) is 12.4. The number of rotatable bonds is 9. The van der Waals surface area contributed by atoms with Crippen LogP contribution in [0.4, 0.5) is 0 Å². The second kappa shape index (κ2) is 11.9. The van der Waals surface area contributed by atoms with Gasteiger partial charge in [-0.25, -0.2) is 0 Å². The number of hydrogen-bond acceptors (Lipinski definition) is 4. The van der Waals surface area contributed by atoms with Gasteiger partial charge in [-0.3, -0.25) is 0 Å². The number of methoxy groups -OCH3 is 2. The molecule has 3 aromatic rings. The van der Waals surface area contributed by atoms with Gasteiger partial charge in [0, 0.05) is 33.6 Å². The molecule has 0 heterocycles. The predicted octanol–water partition coefficient (Wildman–Crippen LogP) is 9.92. The summed E-state index contributed by atoms with van der Waals surface area (Å²) in [5.74, 6) is 3.22. The minimum atomic E-state index is -2.19. The van der Waals surface area contributed by atoms with Crippen molar-refractivity contribution in [2.75, 3.05) is 14.2 Å². The third-order valence-electron chi connectivity index (χ3n) is 9.31. The fourth-order valence-corrected chi connectivity index (χ4v) is 14.3. The molecule has 0 N–H and O–H groups in total. The van der Waals surface area contributed by atoms with Crippen LogP contribution in [0.15, 0.2) is 53.4 Å². The van der Waals surface area contributed by atoms with Crippen molar-refractivity contribution in [3.8, 4) is 17.2 Å². The van der Waals surface area contributed by atoms with Gasteiger partial charge in [0.2, 0.25) is 0 Å². The molecule has 0 bridgehead atoms. The quantitative estimate of drug-likeness (QED) is 0.238. The van der Waals surface area contributed by atoms with E-state index < -0.39 is 8.32 Å². The molecule has 0 spiro atoms.